The molecule has 1 aromatic carbocycles. The number of allylic oxidation sites excluding steroid dienone is 3. The van der Waals surface area contributed by atoms with E-state index in [0.29, 0.717) is 0 Å². The van der Waals surface area contributed by atoms with Crippen LogP contribution >= 0.6 is 11.8 Å². The van der Waals surface area contributed by atoms with Crippen LogP contribution < -0.4 is 4.90 Å². The van der Waals surface area contributed by atoms with Gasteiger partial charge < -0.3 is 4.90 Å². The van der Waals surface area contributed by atoms with Crippen molar-refractivity contribution in [2.75, 3.05) is 11.9 Å². The molecule has 0 saturated heterocycles. The highest BCUT2D eigenvalue weighted by Gasteiger charge is 2.18. The van der Waals surface area contributed by atoms with Gasteiger partial charge in [0.05, 0.1) is 11.4 Å². The number of nitrogens with zero attached hydrogens (tertiary/aromatic N) is 1. The van der Waals surface area contributed by atoms with Gasteiger partial charge >= 0.3 is 0 Å². The van der Waals surface area contributed by atoms with E-state index >= 15 is 0 Å². The van der Waals surface area contributed by atoms with E-state index in [1.807, 2.05) is 11.8 Å². The van der Waals surface area contributed by atoms with Crippen LogP contribution in [0.1, 0.15) is 13.8 Å². The molecular weight excluding hydrogens is 202 g/mol. The SMILES string of the molecule is C/C=C\C1=C(C)Sc2ccccc2N1C. The zero-order chi connectivity index (χ0) is 10.8. The Hall–Kier alpha value is -1.15. The number of hydrogen-bond acceptors (Lipinski definition) is 2. The minimum Gasteiger partial charge on any atom is -0.343 e. The van der Waals surface area contributed by atoms with Crippen molar-refractivity contribution in [1.82, 2.24) is 0 Å². The summed E-state index contributed by atoms with van der Waals surface area (Å²) in [5.41, 5.74) is 2.59. The van der Waals surface area contributed by atoms with E-state index < -0.39 is 0 Å². The molecule has 2 heteroatoms. The Balaban J connectivity index is 2.48. The zero-order valence-corrected chi connectivity index (χ0v) is 10.1. The number of hydrogen-bond donors (Lipinski definition) is 0. The van der Waals surface area contributed by atoms with Crippen LogP contribution in [0.15, 0.2) is 51.9 Å². The average Bonchev–Trinajstić information content (AvgIpc) is 2.24. The van der Waals surface area contributed by atoms with Crippen molar-refractivity contribution < 1.29 is 0 Å². The summed E-state index contributed by atoms with van der Waals surface area (Å²) in [5, 5.41) is 0. The molecule has 0 radical (unpaired) electrons. The molecule has 0 amide bonds. The fourth-order valence-electron chi connectivity index (χ4n) is 1.79. The summed E-state index contributed by atoms with van der Waals surface area (Å²) in [5.74, 6) is 0. The summed E-state index contributed by atoms with van der Waals surface area (Å²) < 4.78 is 0. The summed E-state index contributed by atoms with van der Waals surface area (Å²) in [7, 11) is 2.12. The minimum absolute atomic E-state index is 1.29. The molecule has 1 aliphatic heterocycles. The van der Waals surface area contributed by atoms with Gasteiger partial charge in [0.1, 0.15) is 0 Å². The average molecular weight is 217 g/mol. The predicted molar refractivity (Wildman–Crippen MR) is 68.2 cm³/mol. The van der Waals surface area contributed by atoms with Crippen molar-refractivity contribution in [3.8, 4) is 0 Å². The number of benzene rings is 1. The summed E-state index contributed by atoms with van der Waals surface area (Å²) in [6.07, 6.45) is 4.25. The van der Waals surface area contributed by atoms with Gasteiger partial charge in [-0.15, -0.1) is 0 Å². The van der Waals surface area contributed by atoms with Gasteiger partial charge in [0.15, 0.2) is 0 Å². The lowest BCUT2D eigenvalue weighted by Crippen LogP contribution is -2.19. The fourth-order valence-corrected chi connectivity index (χ4v) is 2.89. The molecule has 2 rings (SSSR count). The summed E-state index contributed by atoms with van der Waals surface area (Å²) in [4.78, 5) is 4.95. The van der Waals surface area contributed by atoms with E-state index in [9.17, 15) is 0 Å². The van der Waals surface area contributed by atoms with Gasteiger partial charge in [-0.2, -0.15) is 0 Å². The molecular formula is C13H15NS. The van der Waals surface area contributed by atoms with Gasteiger partial charge in [-0.3, -0.25) is 0 Å². The second-order valence-electron chi connectivity index (χ2n) is 3.57. The molecule has 0 saturated carbocycles. The molecule has 0 aliphatic carbocycles. The maximum atomic E-state index is 2.25. The summed E-state index contributed by atoms with van der Waals surface area (Å²) >= 11 is 1.85. The topological polar surface area (TPSA) is 3.24 Å². The van der Waals surface area contributed by atoms with Crippen LogP contribution in [0.4, 0.5) is 5.69 Å². The molecule has 0 N–H and O–H groups in total. The van der Waals surface area contributed by atoms with Crippen molar-refractivity contribution in [2.24, 2.45) is 0 Å². The highest BCUT2D eigenvalue weighted by atomic mass is 32.2. The Labute approximate surface area is 95.5 Å². The van der Waals surface area contributed by atoms with Gasteiger partial charge in [0, 0.05) is 16.8 Å². The van der Waals surface area contributed by atoms with Crippen molar-refractivity contribution in [3.63, 3.8) is 0 Å². The molecule has 0 fully saturated rings. The smallest absolute Gasteiger partial charge is 0.0550 e. The highest BCUT2D eigenvalue weighted by molar-refractivity contribution is 8.03. The Morgan fingerprint density at radius 1 is 1.27 bits per heavy atom. The summed E-state index contributed by atoms with van der Waals surface area (Å²) in [6, 6.07) is 8.52. The molecule has 1 aliphatic rings. The third-order valence-corrected chi connectivity index (χ3v) is 3.62. The predicted octanol–water partition coefficient (Wildman–Crippen LogP) is 4.04. The Kier molecular flexibility index (Phi) is 2.87. The van der Waals surface area contributed by atoms with Crippen LogP contribution in [0.5, 0.6) is 0 Å². The first-order valence-corrected chi connectivity index (χ1v) is 5.90. The number of rotatable bonds is 1. The lowest BCUT2D eigenvalue weighted by atomic mass is 10.2. The number of anilines is 1. The van der Waals surface area contributed by atoms with E-state index in [0.717, 1.165) is 0 Å². The second-order valence-corrected chi connectivity index (χ2v) is 4.83. The van der Waals surface area contributed by atoms with Crippen LogP contribution in [-0.4, -0.2) is 7.05 Å². The largest absolute Gasteiger partial charge is 0.343 e. The van der Waals surface area contributed by atoms with Crippen LogP contribution in [-0.2, 0) is 0 Å². The molecule has 0 atom stereocenters. The van der Waals surface area contributed by atoms with Crippen molar-refractivity contribution in [1.29, 1.82) is 0 Å². The number of fused-ring (bicyclic) bond motifs is 1. The van der Waals surface area contributed by atoms with E-state index in [1.54, 1.807) is 0 Å². The Morgan fingerprint density at radius 2 is 2.00 bits per heavy atom. The third-order valence-electron chi connectivity index (χ3n) is 2.54. The zero-order valence-electron chi connectivity index (χ0n) is 9.32. The quantitative estimate of drug-likeness (QED) is 0.698. The van der Waals surface area contributed by atoms with Crippen molar-refractivity contribution >= 4 is 17.4 Å². The molecule has 1 aromatic rings. The molecule has 15 heavy (non-hydrogen) atoms. The standard InChI is InChI=1S/C13H15NS/c1-4-7-11-10(2)15-13-9-6-5-8-12(13)14(11)3/h4-9H,1-3H3/b7-4-. The third kappa shape index (κ3) is 1.82. The number of para-hydroxylation sites is 1. The molecule has 0 aromatic heterocycles. The fraction of sp³-hybridized carbons (Fsp3) is 0.231. The first-order chi connectivity index (χ1) is 7.24. The van der Waals surface area contributed by atoms with Crippen molar-refractivity contribution in [2.45, 2.75) is 18.7 Å². The van der Waals surface area contributed by atoms with Crippen molar-refractivity contribution in [3.05, 3.63) is 47.0 Å². The molecule has 0 spiro atoms. The van der Waals surface area contributed by atoms with Gasteiger partial charge in [0.25, 0.3) is 0 Å². The number of likely N-dealkylation sites (N-methyl/N-ethyl adjacent to an activating group) is 1. The van der Waals surface area contributed by atoms with Gasteiger partial charge in [-0.25, -0.2) is 0 Å². The van der Waals surface area contributed by atoms with Crippen LogP contribution in [0.3, 0.4) is 0 Å². The van der Waals surface area contributed by atoms with E-state index in [1.165, 1.54) is 21.2 Å². The van der Waals surface area contributed by atoms with E-state index in [4.69, 9.17) is 0 Å². The molecule has 0 bridgehead atoms. The normalized spacial score (nSPS) is 16.1. The lowest BCUT2D eigenvalue weighted by Gasteiger charge is -2.29. The monoisotopic (exact) mass is 217 g/mol. The molecule has 0 unspecified atom stereocenters. The number of thioether (sulfide) groups is 1. The van der Waals surface area contributed by atoms with Gasteiger partial charge in [0.2, 0.25) is 0 Å². The summed E-state index contributed by atoms with van der Waals surface area (Å²) in [6.45, 7) is 4.23. The van der Waals surface area contributed by atoms with E-state index in [-0.39, 0.29) is 0 Å². The highest BCUT2D eigenvalue weighted by Crippen LogP contribution is 2.42. The maximum absolute atomic E-state index is 2.25. The van der Waals surface area contributed by atoms with Crippen LogP contribution in [0, 0.1) is 0 Å². The first kappa shape index (κ1) is 10.4. The molecule has 1 heterocycles. The second kappa shape index (κ2) is 4.15. The minimum atomic E-state index is 1.29. The Bertz CT molecular complexity index is 432. The Morgan fingerprint density at radius 3 is 2.73 bits per heavy atom. The van der Waals surface area contributed by atoms with Crippen LogP contribution in [0.25, 0.3) is 0 Å². The first-order valence-electron chi connectivity index (χ1n) is 5.08. The lowest BCUT2D eigenvalue weighted by molar-refractivity contribution is 1.08. The van der Waals surface area contributed by atoms with E-state index in [2.05, 4.69) is 62.2 Å². The van der Waals surface area contributed by atoms with Gasteiger partial charge in [-0.05, 0) is 32.1 Å². The van der Waals surface area contributed by atoms with Gasteiger partial charge in [-0.1, -0.05) is 30.0 Å². The molecule has 1 nitrogen and oxygen atoms in total. The maximum Gasteiger partial charge on any atom is 0.0550 e. The molecule has 78 valence electrons. The van der Waals surface area contributed by atoms with Crippen LogP contribution in [0.2, 0.25) is 0 Å².